The molecule has 1 aromatic carbocycles. The van der Waals surface area contributed by atoms with E-state index in [-0.39, 0.29) is 36.5 Å². The molecule has 3 heterocycles. The molecule has 0 spiro atoms. The Balaban J connectivity index is 1.11. The van der Waals surface area contributed by atoms with Gasteiger partial charge in [0.2, 0.25) is 5.91 Å². The van der Waals surface area contributed by atoms with Crippen molar-refractivity contribution >= 4 is 34.8 Å². The molecule has 9 heteroatoms. The van der Waals surface area contributed by atoms with Gasteiger partial charge < -0.3 is 4.90 Å². The number of carbonyl (C=O) groups excluding carboxylic acids is 4. The molecule has 3 aliphatic rings. The van der Waals surface area contributed by atoms with Crippen LogP contribution in [-0.4, -0.2) is 75.9 Å². The van der Waals surface area contributed by atoms with Crippen molar-refractivity contribution in [3.05, 3.63) is 51.0 Å². The van der Waals surface area contributed by atoms with Crippen LogP contribution in [0.25, 0.3) is 0 Å². The average molecular weight is 453 g/mol. The number of hydrogen-bond acceptors (Lipinski definition) is 7. The highest BCUT2D eigenvalue weighted by atomic mass is 32.1. The van der Waals surface area contributed by atoms with Crippen LogP contribution in [0.4, 0.5) is 0 Å². The standard InChI is InChI=1S/C23H24N4O4S/c28-18-7-3-6-17-21(18)32-19(24-17)14-25-10-12-26(13-11-25)20(29)8-9-27-22(30)15-4-1-2-5-16(15)23(27)31/h1-2,4-5H,3,6-14H2. The first-order valence-electron chi connectivity index (χ1n) is 11.0. The number of nitrogens with zero attached hydrogens (tertiary/aromatic N) is 4. The van der Waals surface area contributed by atoms with Gasteiger partial charge >= 0.3 is 0 Å². The second-order valence-corrected chi connectivity index (χ2v) is 9.46. The van der Waals surface area contributed by atoms with Gasteiger partial charge in [-0.25, -0.2) is 4.98 Å². The topological polar surface area (TPSA) is 90.9 Å². The molecule has 0 atom stereocenters. The Morgan fingerprint density at radius 1 is 0.969 bits per heavy atom. The number of ketones is 1. The zero-order chi connectivity index (χ0) is 22.2. The molecule has 32 heavy (non-hydrogen) atoms. The quantitative estimate of drug-likeness (QED) is 0.645. The van der Waals surface area contributed by atoms with E-state index in [0.29, 0.717) is 37.2 Å². The molecule has 1 fully saturated rings. The minimum absolute atomic E-state index is 0.0449. The van der Waals surface area contributed by atoms with E-state index in [1.165, 1.54) is 16.2 Å². The highest BCUT2D eigenvalue weighted by Gasteiger charge is 2.35. The first kappa shape index (κ1) is 21.0. The van der Waals surface area contributed by atoms with Crippen LogP contribution in [0.1, 0.15) is 60.4 Å². The fraction of sp³-hybridized carbons (Fsp3) is 0.435. The minimum atomic E-state index is -0.326. The van der Waals surface area contributed by atoms with Crippen LogP contribution in [0.3, 0.4) is 0 Å². The van der Waals surface area contributed by atoms with Gasteiger partial charge in [0.15, 0.2) is 5.78 Å². The van der Waals surface area contributed by atoms with E-state index in [0.717, 1.165) is 41.5 Å². The lowest BCUT2D eigenvalue weighted by atomic mass is 10.0. The summed E-state index contributed by atoms with van der Waals surface area (Å²) in [4.78, 5) is 60.3. The molecule has 0 unspecified atom stereocenters. The Kier molecular flexibility index (Phi) is 5.60. The number of fused-ring (bicyclic) bond motifs is 2. The SMILES string of the molecule is O=C1CCCc2nc(CN3CCN(C(=O)CCN4C(=O)c5ccccc5C4=O)CC3)sc21. The molecule has 0 saturated carbocycles. The minimum Gasteiger partial charge on any atom is -0.340 e. The molecule has 3 amide bonds. The predicted octanol–water partition coefficient (Wildman–Crippen LogP) is 1.99. The molecule has 5 rings (SSSR count). The molecule has 1 aliphatic carbocycles. The van der Waals surface area contributed by atoms with Crippen LogP contribution in [0.15, 0.2) is 24.3 Å². The Morgan fingerprint density at radius 3 is 2.31 bits per heavy atom. The van der Waals surface area contributed by atoms with Crippen molar-refractivity contribution in [2.45, 2.75) is 32.2 Å². The number of thiazole rings is 1. The lowest BCUT2D eigenvalue weighted by Crippen LogP contribution is -2.49. The van der Waals surface area contributed by atoms with Gasteiger partial charge in [-0.2, -0.15) is 0 Å². The van der Waals surface area contributed by atoms with E-state index in [1.54, 1.807) is 29.2 Å². The number of aromatic nitrogens is 1. The molecule has 1 aromatic heterocycles. The van der Waals surface area contributed by atoms with E-state index >= 15 is 0 Å². The smallest absolute Gasteiger partial charge is 0.261 e. The van der Waals surface area contributed by atoms with Crippen LogP contribution in [0.2, 0.25) is 0 Å². The number of imide groups is 1. The normalized spacial score (nSPS) is 18.8. The molecular formula is C23H24N4O4S. The summed E-state index contributed by atoms with van der Waals surface area (Å²) in [6.45, 7) is 3.47. The molecule has 2 aromatic rings. The van der Waals surface area contributed by atoms with Crippen LogP contribution in [0.5, 0.6) is 0 Å². The van der Waals surface area contributed by atoms with Crippen molar-refractivity contribution in [2.24, 2.45) is 0 Å². The number of aryl methyl sites for hydroxylation is 1. The summed E-state index contributed by atoms with van der Waals surface area (Å²) in [5, 5.41) is 0.968. The third-order valence-corrected chi connectivity index (χ3v) is 7.45. The van der Waals surface area contributed by atoms with Crippen LogP contribution in [-0.2, 0) is 17.8 Å². The van der Waals surface area contributed by atoms with Gasteiger partial charge in [-0.3, -0.25) is 29.0 Å². The molecule has 0 radical (unpaired) electrons. The van der Waals surface area contributed by atoms with Crippen molar-refractivity contribution in [1.29, 1.82) is 0 Å². The van der Waals surface area contributed by atoms with E-state index in [2.05, 4.69) is 9.88 Å². The van der Waals surface area contributed by atoms with Gasteiger partial charge in [-0.05, 0) is 25.0 Å². The summed E-state index contributed by atoms with van der Waals surface area (Å²) in [5.74, 6) is -0.485. The molecule has 1 saturated heterocycles. The fourth-order valence-corrected chi connectivity index (χ4v) is 5.66. The summed E-state index contributed by atoms with van der Waals surface area (Å²) in [6, 6.07) is 6.75. The summed E-state index contributed by atoms with van der Waals surface area (Å²) in [7, 11) is 0. The maximum Gasteiger partial charge on any atom is 0.261 e. The summed E-state index contributed by atoms with van der Waals surface area (Å²) in [5.41, 5.74) is 1.76. The van der Waals surface area contributed by atoms with Crippen molar-refractivity contribution in [2.75, 3.05) is 32.7 Å². The second-order valence-electron chi connectivity index (χ2n) is 8.37. The Bertz CT molecular complexity index is 1070. The van der Waals surface area contributed by atoms with Crippen LogP contribution < -0.4 is 0 Å². The number of benzene rings is 1. The molecule has 166 valence electrons. The van der Waals surface area contributed by atoms with Gasteiger partial charge in [0.05, 0.1) is 28.2 Å². The van der Waals surface area contributed by atoms with Gasteiger partial charge in [0.25, 0.3) is 11.8 Å². The largest absolute Gasteiger partial charge is 0.340 e. The molecule has 8 nitrogen and oxygen atoms in total. The Hall–Kier alpha value is -2.91. The second kappa shape index (κ2) is 8.55. The monoisotopic (exact) mass is 452 g/mol. The predicted molar refractivity (Wildman–Crippen MR) is 118 cm³/mol. The highest BCUT2D eigenvalue weighted by Crippen LogP contribution is 2.28. The van der Waals surface area contributed by atoms with E-state index < -0.39 is 0 Å². The van der Waals surface area contributed by atoms with Crippen LogP contribution >= 0.6 is 11.3 Å². The maximum atomic E-state index is 12.7. The summed E-state index contributed by atoms with van der Waals surface area (Å²) >= 11 is 1.51. The first-order chi connectivity index (χ1) is 15.5. The number of piperazine rings is 1. The molecule has 0 bridgehead atoms. The van der Waals surface area contributed by atoms with Crippen LogP contribution in [0, 0.1) is 0 Å². The first-order valence-corrected chi connectivity index (χ1v) is 11.8. The molecule has 0 N–H and O–H groups in total. The Labute approximate surface area is 189 Å². The third-order valence-electron chi connectivity index (χ3n) is 6.32. The summed E-state index contributed by atoms with van der Waals surface area (Å²) < 4.78 is 0. The molecule has 2 aliphatic heterocycles. The van der Waals surface area contributed by atoms with Gasteiger partial charge in [0, 0.05) is 45.6 Å². The number of hydrogen-bond donors (Lipinski definition) is 0. The van der Waals surface area contributed by atoms with E-state index in [4.69, 9.17) is 0 Å². The zero-order valence-corrected chi connectivity index (χ0v) is 18.5. The van der Waals surface area contributed by atoms with E-state index in [9.17, 15) is 19.2 Å². The lowest BCUT2D eigenvalue weighted by Gasteiger charge is -2.34. The number of amides is 3. The number of carbonyl (C=O) groups is 4. The maximum absolute atomic E-state index is 12.7. The zero-order valence-electron chi connectivity index (χ0n) is 17.7. The van der Waals surface area contributed by atoms with Gasteiger partial charge in [-0.1, -0.05) is 12.1 Å². The molecular weight excluding hydrogens is 428 g/mol. The van der Waals surface area contributed by atoms with E-state index in [1.807, 2.05) is 0 Å². The number of Topliss-reactive ketones (excluding diaryl/α,β-unsaturated/α-hetero) is 1. The lowest BCUT2D eigenvalue weighted by molar-refractivity contribution is -0.133. The van der Waals surface area contributed by atoms with Crippen molar-refractivity contribution in [3.63, 3.8) is 0 Å². The average Bonchev–Trinajstić information content (AvgIpc) is 3.32. The van der Waals surface area contributed by atoms with Crippen molar-refractivity contribution < 1.29 is 19.2 Å². The van der Waals surface area contributed by atoms with Gasteiger partial charge in [0.1, 0.15) is 5.01 Å². The fourth-order valence-electron chi connectivity index (χ4n) is 4.54. The number of rotatable bonds is 5. The van der Waals surface area contributed by atoms with Gasteiger partial charge in [-0.15, -0.1) is 11.3 Å². The highest BCUT2D eigenvalue weighted by molar-refractivity contribution is 7.13. The third kappa shape index (κ3) is 3.86. The van der Waals surface area contributed by atoms with Crippen molar-refractivity contribution in [3.8, 4) is 0 Å². The van der Waals surface area contributed by atoms with Crippen molar-refractivity contribution in [1.82, 2.24) is 19.7 Å². The Morgan fingerprint density at radius 2 is 1.66 bits per heavy atom. The summed E-state index contributed by atoms with van der Waals surface area (Å²) in [6.07, 6.45) is 2.52.